The molecule has 0 heterocycles. The van der Waals surface area contributed by atoms with E-state index in [0.717, 1.165) is 12.1 Å². The molecule has 0 fully saturated rings. The lowest BCUT2D eigenvalue weighted by molar-refractivity contribution is 0.0778. The van der Waals surface area contributed by atoms with Gasteiger partial charge in [-0.2, -0.15) is 13.2 Å². The molecule has 0 saturated carbocycles. The van der Waals surface area contributed by atoms with Gasteiger partial charge in [0.2, 0.25) is 0 Å². The van der Waals surface area contributed by atoms with E-state index in [1.54, 1.807) is 20.8 Å². The van der Waals surface area contributed by atoms with E-state index < -0.39 is 33.0 Å². The largest absolute Gasteiger partial charge is 0.311 e. The van der Waals surface area contributed by atoms with Gasteiger partial charge in [-0.25, -0.2) is 8.60 Å². The van der Waals surface area contributed by atoms with Gasteiger partial charge in [0.25, 0.3) is 0 Å². The number of hydrogen-bond donors (Lipinski definition) is 0. The van der Waals surface area contributed by atoms with Crippen molar-refractivity contribution in [1.29, 1.82) is 0 Å². The zero-order valence-corrected chi connectivity index (χ0v) is 13.0. The van der Waals surface area contributed by atoms with E-state index in [4.69, 9.17) is 0 Å². The lowest BCUT2D eigenvalue weighted by atomic mass is 10.1. The van der Waals surface area contributed by atoms with Crippen LogP contribution in [0.5, 0.6) is 0 Å². The van der Waals surface area contributed by atoms with Gasteiger partial charge in [-0.3, -0.25) is 0 Å². The predicted octanol–water partition coefficient (Wildman–Crippen LogP) is 4.21. The number of nitrogens with zero attached hydrogens (tertiary/aromatic N) is 1. The van der Waals surface area contributed by atoms with Gasteiger partial charge in [0.15, 0.2) is 0 Å². The molecule has 0 amide bonds. The zero-order valence-electron chi connectivity index (χ0n) is 10.6. The van der Waals surface area contributed by atoms with Crippen LogP contribution < -0.4 is 0 Å². The van der Waals surface area contributed by atoms with Gasteiger partial charge in [0.1, 0.15) is 16.8 Å². The highest BCUT2D eigenvalue weighted by atomic mass is 79.9. The molecule has 0 aromatic heterocycles. The van der Waals surface area contributed by atoms with Crippen LogP contribution in [-0.2, 0) is 16.9 Å². The van der Waals surface area contributed by atoms with Crippen molar-refractivity contribution in [2.24, 2.45) is 4.40 Å². The maximum absolute atomic E-state index is 13.8. The lowest BCUT2D eigenvalue weighted by Gasteiger charge is -2.15. The van der Waals surface area contributed by atoms with Gasteiger partial charge < -0.3 is 0 Å². The summed E-state index contributed by atoms with van der Waals surface area (Å²) >= 11 is 3.00. The predicted molar refractivity (Wildman–Crippen MR) is 74.4 cm³/mol. The Balaban J connectivity index is 3.08. The average molecular weight is 356 g/mol. The van der Waals surface area contributed by atoms with Crippen molar-refractivity contribution in [2.75, 3.05) is 0 Å². The Morgan fingerprint density at radius 1 is 1.32 bits per heavy atom. The number of hydrogen-bond acceptors (Lipinski definition) is 1. The van der Waals surface area contributed by atoms with Crippen LogP contribution >= 0.6 is 15.9 Å². The quantitative estimate of drug-likeness (QED) is 0.746. The van der Waals surface area contributed by atoms with E-state index in [1.165, 1.54) is 6.07 Å². The first-order valence-corrected chi connectivity index (χ1v) is 7.24. The average Bonchev–Trinajstić information content (AvgIpc) is 2.28. The molecule has 0 aliphatic carbocycles. The molecule has 2 nitrogen and oxygen atoms in total. The number of benzene rings is 1. The minimum absolute atomic E-state index is 0.235. The van der Waals surface area contributed by atoms with Crippen LogP contribution in [-0.4, -0.2) is 15.2 Å². The summed E-state index contributed by atoms with van der Waals surface area (Å²) in [6, 6.07) is 3.22. The highest BCUT2D eigenvalue weighted by Gasteiger charge is 2.33. The van der Waals surface area contributed by atoms with Crippen LogP contribution in [0.15, 0.2) is 27.1 Å². The van der Waals surface area contributed by atoms with Crippen LogP contribution in [0.1, 0.15) is 26.3 Å². The Morgan fingerprint density at radius 3 is 2.42 bits per heavy atom. The summed E-state index contributed by atoms with van der Waals surface area (Å²) < 4.78 is 55.5. The first-order valence-electron chi connectivity index (χ1n) is 5.34. The van der Waals surface area contributed by atoms with Gasteiger partial charge in [-0.1, -0.05) is 15.9 Å². The second kappa shape index (κ2) is 5.75. The highest BCUT2D eigenvalue weighted by molar-refractivity contribution is 9.10. The summed E-state index contributed by atoms with van der Waals surface area (Å²) in [5.74, 6) is -4.66. The molecule has 0 bridgehead atoms. The van der Waals surface area contributed by atoms with Crippen LogP contribution in [0.2, 0.25) is 0 Å². The van der Waals surface area contributed by atoms with Gasteiger partial charge in [-0.05, 0) is 39.0 Å². The minimum Gasteiger partial charge on any atom is -0.234 e. The Hall–Kier alpha value is -0.690. The zero-order chi connectivity index (χ0) is 14.8. The molecule has 0 aliphatic heterocycles. The van der Waals surface area contributed by atoms with E-state index in [9.17, 15) is 17.4 Å². The first kappa shape index (κ1) is 16.4. The summed E-state index contributed by atoms with van der Waals surface area (Å²) in [5.41, 5.74) is -0.809. The van der Waals surface area contributed by atoms with Crippen molar-refractivity contribution in [1.82, 2.24) is 0 Å². The molecule has 0 spiro atoms. The molecule has 106 valence electrons. The van der Waals surface area contributed by atoms with Crippen molar-refractivity contribution in [3.8, 4) is 0 Å². The van der Waals surface area contributed by atoms with E-state index in [1.807, 2.05) is 0 Å². The molecule has 1 unspecified atom stereocenters. The standard InChI is InChI=1S/C12H13BrF3NOS/c1-11(2,3)19(18)17-7-12(15,16)9-6-8(13)4-5-10(9)14/h4-7H,1-3H3. The van der Waals surface area contributed by atoms with Crippen molar-refractivity contribution < 1.29 is 17.4 Å². The van der Waals surface area contributed by atoms with E-state index in [-0.39, 0.29) is 6.21 Å². The molecule has 1 aromatic rings. The summed E-state index contributed by atoms with van der Waals surface area (Å²) in [5, 5.41) is 0. The Morgan fingerprint density at radius 2 is 1.89 bits per heavy atom. The molecule has 1 aromatic carbocycles. The van der Waals surface area contributed by atoms with Crippen molar-refractivity contribution >= 4 is 33.1 Å². The summed E-state index contributed by atoms with van der Waals surface area (Å²) in [4.78, 5) is 0. The molecule has 0 radical (unpaired) electrons. The summed E-state index contributed by atoms with van der Waals surface area (Å²) in [6.45, 7) is 4.83. The van der Waals surface area contributed by atoms with Crippen LogP contribution in [0.4, 0.5) is 13.2 Å². The van der Waals surface area contributed by atoms with Gasteiger partial charge in [0, 0.05) is 4.47 Å². The first-order chi connectivity index (χ1) is 8.54. The minimum atomic E-state index is -3.62. The third kappa shape index (κ3) is 4.42. The van der Waals surface area contributed by atoms with Crippen molar-refractivity contribution in [3.63, 3.8) is 0 Å². The molecule has 19 heavy (non-hydrogen) atoms. The summed E-state index contributed by atoms with van der Waals surface area (Å²) in [7, 11) is -1.81. The van der Waals surface area contributed by atoms with Crippen LogP contribution in [0.3, 0.4) is 0 Å². The van der Waals surface area contributed by atoms with Crippen LogP contribution in [0, 0.1) is 5.82 Å². The Kier molecular flexibility index (Phi) is 4.95. The van der Waals surface area contributed by atoms with Crippen molar-refractivity contribution in [3.05, 3.63) is 34.1 Å². The van der Waals surface area contributed by atoms with Crippen molar-refractivity contribution in [2.45, 2.75) is 31.4 Å². The number of halogens is 4. The second-order valence-electron chi connectivity index (χ2n) is 4.84. The van der Waals surface area contributed by atoms with E-state index in [2.05, 4.69) is 20.3 Å². The fourth-order valence-electron chi connectivity index (χ4n) is 1.09. The van der Waals surface area contributed by atoms with Gasteiger partial charge in [-0.15, -0.1) is 0 Å². The fourth-order valence-corrected chi connectivity index (χ4v) is 2.00. The SMILES string of the molecule is CC(C)(C)S(=O)N=CC(F)(F)c1cc(Br)ccc1F. The molecule has 7 heteroatoms. The third-order valence-corrected chi connectivity index (χ3v) is 3.96. The molecule has 0 N–H and O–H groups in total. The Labute approximate surface area is 120 Å². The molecule has 1 atom stereocenters. The normalized spacial score (nSPS) is 14.9. The fraction of sp³-hybridized carbons (Fsp3) is 0.417. The maximum atomic E-state index is 13.8. The summed E-state index contributed by atoms with van der Waals surface area (Å²) in [6.07, 6.45) is 0.235. The van der Waals surface area contributed by atoms with Gasteiger partial charge in [0.05, 0.1) is 16.5 Å². The third-order valence-electron chi connectivity index (χ3n) is 2.12. The van der Waals surface area contributed by atoms with Crippen LogP contribution in [0.25, 0.3) is 0 Å². The molecule has 0 aliphatic rings. The Bertz CT molecular complexity index is 526. The number of rotatable bonds is 3. The topological polar surface area (TPSA) is 29.4 Å². The number of alkyl halides is 2. The molecular formula is C12H13BrF3NOS. The highest BCUT2D eigenvalue weighted by Crippen LogP contribution is 2.31. The second-order valence-corrected chi connectivity index (χ2v) is 7.69. The molecular weight excluding hydrogens is 343 g/mol. The van der Waals surface area contributed by atoms with E-state index in [0.29, 0.717) is 4.47 Å². The molecule has 0 saturated heterocycles. The molecule has 1 rings (SSSR count). The lowest BCUT2D eigenvalue weighted by Crippen LogP contribution is -2.23. The smallest absolute Gasteiger partial charge is 0.234 e. The maximum Gasteiger partial charge on any atom is 0.311 e. The van der Waals surface area contributed by atoms with Gasteiger partial charge >= 0.3 is 5.92 Å². The monoisotopic (exact) mass is 355 g/mol. The van der Waals surface area contributed by atoms with E-state index >= 15 is 0 Å².